The van der Waals surface area contributed by atoms with Gasteiger partial charge in [-0.3, -0.25) is 9.69 Å². The molecule has 0 unspecified atom stereocenters. The molecule has 4 rings (SSSR count). The number of ether oxygens (including phenoxy) is 1. The Morgan fingerprint density at radius 2 is 2.00 bits per heavy atom. The molecule has 0 spiro atoms. The van der Waals surface area contributed by atoms with Gasteiger partial charge in [0.05, 0.1) is 13.2 Å². The van der Waals surface area contributed by atoms with Gasteiger partial charge in [0, 0.05) is 38.2 Å². The Morgan fingerprint density at radius 1 is 1.26 bits per heavy atom. The molecule has 3 heterocycles. The van der Waals surface area contributed by atoms with E-state index in [1.807, 2.05) is 12.1 Å². The number of likely N-dealkylation sites (tertiary alicyclic amines) is 1. The van der Waals surface area contributed by atoms with Crippen LogP contribution < -0.4 is 10.2 Å². The molecule has 1 aromatic carbocycles. The summed E-state index contributed by atoms with van der Waals surface area (Å²) in [5.74, 6) is 0.888. The minimum atomic E-state index is -0.912. The average molecular weight is 370 g/mol. The van der Waals surface area contributed by atoms with E-state index in [2.05, 4.69) is 17.0 Å². The van der Waals surface area contributed by atoms with Gasteiger partial charge in [-0.05, 0) is 17.5 Å². The maximum Gasteiger partial charge on any atom is 0.407 e. The first kappa shape index (κ1) is 17.6. The molecule has 2 aliphatic rings. The third kappa shape index (κ3) is 3.98. The highest BCUT2D eigenvalue weighted by Gasteiger charge is 2.26. The summed E-state index contributed by atoms with van der Waals surface area (Å²) in [7, 11) is 0. The Morgan fingerprint density at radius 3 is 2.63 bits per heavy atom. The van der Waals surface area contributed by atoms with Gasteiger partial charge in [0.25, 0.3) is 0 Å². The zero-order chi connectivity index (χ0) is 18.8. The SMILES string of the molecule is O=C(O)N1CC[C@H](COc2coc(CN3Cc4ccccc4C3)cc2=O)C1. The first-order chi connectivity index (χ1) is 13.1. The molecule has 1 amide bonds. The Bertz CT molecular complexity index is 869. The lowest BCUT2D eigenvalue weighted by Gasteiger charge is -2.15. The molecule has 0 radical (unpaired) electrons. The zero-order valence-electron chi connectivity index (χ0n) is 15.0. The van der Waals surface area contributed by atoms with Gasteiger partial charge in [-0.1, -0.05) is 24.3 Å². The molecule has 1 aromatic heterocycles. The molecule has 1 atom stereocenters. The smallest absolute Gasteiger partial charge is 0.407 e. The summed E-state index contributed by atoms with van der Waals surface area (Å²) in [5, 5.41) is 8.98. The Balaban J connectivity index is 1.32. The summed E-state index contributed by atoms with van der Waals surface area (Å²) in [6, 6.07) is 9.80. The van der Waals surface area contributed by atoms with E-state index >= 15 is 0 Å². The molecule has 0 saturated carbocycles. The van der Waals surface area contributed by atoms with Gasteiger partial charge >= 0.3 is 6.09 Å². The van der Waals surface area contributed by atoms with Crippen molar-refractivity contribution in [2.75, 3.05) is 19.7 Å². The first-order valence-corrected chi connectivity index (χ1v) is 9.10. The van der Waals surface area contributed by atoms with Crippen molar-refractivity contribution in [3.8, 4) is 5.75 Å². The standard InChI is InChI=1S/C20H22N2O5/c23-18-7-17(11-21-9-15-3-1-2-4-16(15)10-21)26-13-19(18)27-12-14-5-6-22(8-14)20(24)25/h1-4,7,13-14H,5-6,8-12H2,(H,24,25)/t14-/m0/s1. The van der Waals surface area contributed by atoms with Crippen molar-refractivity contribution < 1.29 is 19.1 Å². The van der Waals surface area contributed by atoms with Crippen LogP contribution in [-0.2, 0) is 19.6 Å². The van der Waals surface area contributed by atoms with E-state index in [0.717, 1.165) is 19.5 Å². The number of nitrogens with zero attached hydrogens (tertiary/aromatic N) is 2. The number of hydrogen-bond acceptors (Lipinski definition) is 5. The lowest BCUT2D eigenvalue weighted by atomic mass is 10.1. The average Bonchev–Trinajstić information content (AvgIpc) is 3.27. The van der Waals surface area contributed by atoms with Gasteiger partial charge in [0.15, 0.2) is 0 Å². The second kappa shape index (κ2) is 7.44. The van der Waals surface area contributed by atoms with Crippen molar-refractivity contribution in [3.05, 3.63) is 63.7 Å². The van der Waals surface area contributed by atoms with Crippen LogP contribution in [0.2, 0.25) is 0 Å². The summed E-state index contributed by atoms with van der Waals surface area (Å²) in [4.78, 5) is 26.8. The summed E-state index contributed by atoms with van der Waals surface area (Å²) in [6.45, 7) is 3.53. The number of hydrogen-bond donors (Lipinski definition) is 1. The van der Waals surface area contributed by atoms with Crippen molar-refractivity contribution in [2.24, 2.45) is 5.92 Å². The third-order valence-corrected chi connectivity index (χ3v) is 5.17. The molecule has 0 bridgehead atoms. The normalized spacial score (nSPS) is 19.3. The maximum absolute atomic E-state index is 12.3. The van der Waals surface area contributed by atoms with Gasteiger partial charge in [0.1, 0.15) is 12.0 Å². The molecule has 2 aromatic rings. The zero-order valence-corrected chi connectivity index (χ0v) is 15.0. The Hall–Kier alpha value is -2.80. The van der Waals surface area contributed by atoms with E-state index in [-0.39, 0.29) is 17.1 Å². The van der Waals surface area contributed by atoms with Crippen molar-refractivity contribution >= 4 is 6.09 Å². The number of rotatable bonds is 5. The molecule has 1 saturated heterocycles. The minimum Gasteiger partial charge on any atom is -0.486 e. The number of fused-ring (bicyclic) bond motifs is 1. The highest BCUT2D eigenvalue weighted by molar-refractivity contribution is 5.65. The molecular formula is C20H22N2O5. The Kier molecular flexibility index (Phi) is 4.85. The second-order valence-corrected chi connectivity index (χ2v) is 7.18. The van der Waals surface area contributed by atoms with E-state index in [1.54, 1.807) is 0 Å². The van der Waals surface area contributed by atoms with Crippen LogP contribution in [0.3, 0.4) is 0 Å². The van der Waals surface area contributed by atoms with Gasteiger partial charge in [-0.2, -0.15) is 0 Å². The van der Waals surface area contributed by atoms with Crippen molar-refractivity contribution in [1.82, 2.24) is 9.80 Å². The summed E-state index contributed by atoms with van der Waals surface area (Å²) in [6.07, 6.45) is 1.20. The molecule has 2 aliphatic heterocycles. The van der Waals surface area contributed by atoms with E-state index in [4.69, 9.17) is 14.3 Å². The van der Waals surface area contributed by atoms with E-state index in [1.165, 1.54) is 28.4 Å². The van der Waals surface area contributed by atoms with Crippen LogP contribution >= 0.6 is 0 Å². The lowest BCUT2D eigenvalue weighted by Crippen LogP contribution is -2.27. The number of benzene rings is 1. The van der Waals surface area contributed by atoms with Crippen LogP contribution in [-0.4, -0.2) is 40.7 Å². The van der Waals surface area contributed by atoms with Crippen LogP contribution in [0.1, 0.15) is 23.3 Å². The molecule has 142 valence electrons. The fraction of sp³-hybridized carbons (Fsp3) is 0.400. The maximum atomic E-state index is 12.3. The molecule has 0 aliphatic carbocycles. The second-order valence-electron chi connectivity index (χ2n) is 7.18. The van der Waals surface area contributed by atoms with Crippen molar-refractivity contribution in [1.29, 1.82) is 0 Å². The van der Waals surface area contributed by atoms with E-state index in [9.17, 15) is 9.59 Å². The highest BCUT2D eigenvalue weighted by atomic mass is 16.5. The summed E-state index contributed by atoms with van der Waals surface area (Å²) < 4.78 is 11.2. The van der Waals surface area contributed by atoms with Gasteiger partial charge < -0.3 is 19.2 Å². The monoisotopic (exact) mass is 370 g/mol. The van der Waals surface area contributed by atoms with Gasteiger partial charge in [-0.15, -0.1) is 0 Å². The molecule has 1 N–H and O–H groups in total. The number of amides is 1. The van der Waals surface area contributed by atoms with Crippen LogP contribution in [0.4, 0.5) is 4.79 Å². The van der Waals surface area contributed by atoms with Gasteiger partial charge in [-0.25, -0.2) is 4.79 Å². The van der Waals surface area contributed by atoms with Crippen LogP contribution in [0, 0.1) is 5.92 Å². The summed E-state index contributed by atoms with van der Waals surface area (Å²) >= 11 is 0. The topological polar surface area (TPSA) is 83.2 Å². The summed E-state index contributed by atoms with van der Waals surface area (Å²) in [5.41, 5.74) is 2.42. The van der Waals surface area contributed by atoms with Crippen LogP contribution in [0.25, 0.3) is 0 Å². The predicted molar refractivity (Wildman–Crippen MR) is 97.6 cm³/mol. The van der Waals surface area contributed by atoms with E-state index in [0.29, 0.717) is 32.0 Å². The first-order valence-electron chi connectivity index (χ1n) is 9.10. The molecule has 27 heavy (non-hydrogen) atoms. The van der Waals surface area contributed by atoms with E-state index < -0.39 is 6.09 Å². The predicted octanol–water partition coefficient (Wildman–Crippen LogP) is 2.53. The third-order valence-electron chi connectivity index (χ3n) is 5.17. The highest BCUT2D eigenvalue weighted by Crippen LogP contribution is 2.24. The number of carbonyl (C=O) groups is 1. The minimum absolute atomic E-state index is 0.100. The van der Waals surface area contributed by atoms with Crippen LogP contribution in [0.15, 0.2) is 45.8 Å². The molecular weight excluding hydrogens is 348 g/mol. The van der Waals surface area contributed by atoms with Crippen molar-refractivity contribution in [2.45, 2.75) is 26.1 Å². The fourth-order valence-electron chi connectivity index (χ4n) is 3.71. The quantitative estimate of drug-likeness (QED) is 0.871. The molecule has 7 heteroatoms. The molecule has 7 nitrogen and oxygen atoms in total. The lowest BCUT2D eigenvalue weighted by molar-refractivity contribution is 0.151. The fourth-order valence-corrected chi connectivity index (χ4v) is 3.71. The molecule has 1 fully saturated rings. The van der Waals surface area contributed by atoms with Crippen molar-refractivity contribution in [3.63, 3.8) is 0 Å². The largest absolute Gasteiger partial charge is 0.486 e. The van der Waals surface area contributed by atoms with Gasteiger partial charge in [0.2, 0.25) is 11.2 Å². The number of carboxylic acid groups (broad SMARTS) is 1. The van der Waals surface area contributed by atoms with Crippen LogP contribution in [0.5, 0.6) is 5.75 Å². The Labute approximate surface area is 156 Å².